The Morgan fingerprint density at radius 2 is 2.29 bits per heavy atom. The largest absolute Gasteiger partial charge is 0.350 e. The van der Waals surface area contributed by atoms with Crippen molar-refractivity contribution in [3.05, 3.63) is 34.9 Å². The summed E-state index contributed by atoms with van der Waals surface area (Å²) >= 11 is 0. The number of pyridine rings is 1. The molecule has 1 unspecified atom stereocenters. The molecule has 2 heterocycles. The minimum Gasteiger partial charge on any atom is -0.340 e. The Morgan fingerprint density at radius 1 is 1.52 bits per heavy atom. The molecule has 0 N–H and O–H groups in total. The lowest BCUT2D eigenvalue weighted by molar-refractivity contribution is -0.132. The molecule has 7 heteroatoms. The van der Waals surface area contributed by atoms with E-state index < -0.39 is 0 Å². The molecule has 0 spiro atoms. The lowest BCUT2D eigenvalue weighted by Crippen LogP contribution is -2.38. The molecule has 2 rings (SSSR count). The van der Waals surface area contributed by atoms with Crippen LogP contribution in [0, 0.1) is 17.2 Å². The summed E-state index contributed by atoms with van der Waals surface area (Å²) in [4.78, 5) is 25.9. The fourth-order valence-corrected chi connectivity index (χ4v) is 2.08. The smallest absolute Gasteiger partial charge is 0.340 e. The van der Waals surface area contributed by atoms with Gasteiger partial charge >= 0.3 is 5.69 Å². The standard InChI is InChI=1S/C14H17N5O2/c1-3-17(9-11(2)8-15)13(20)10-19-14(21)18-7-5-4-6-12(18)16-19/h4-7,11H,3,9-10H2,1-2H3. The number of rotatable bonds is 5. The van der Waals surface area contributed by atoms with Crippen LogP contribution in [0.15, 0.2) is 29.2 Å². The van der Waals surface area contributed by atoms with E-state index in [1.807, 2.05) is 6.92 Å². The van der Waals surface area contributed by atoms with Gasteiger partial charge in [0.2, 0.25) is 5.91 Å². The average Bonchev–Trinajstić information content (AvgIpc) is 2.81. The van der Waals surface area contributed by atoms with Crippen molar-refractivity contribution in [1.29, 1.82) is 5.26 Å². The molecule has 2 aromatic heterocycles. The maximum atomic E-state index is 12.2. The van der Waals surface area contributed by atoms with Crippen LogP contribution in [0.2, 0.25) is 0 Å². The first-order chi connectivity index (χ1) is 10.1. The van der Waals surface area contributed by atoms with E-state index in [0.29, 0.717) is 18.7 Å². The molecule has 1 amide bonds. The Bertz CT molecular complexity index is 740. The van der Waals surface area contributed by atoms with Crippen molar-refractivity contribution in [2.75, 3.05) is 13.1 Å². The number of carbonyl (C=O) groups excluding carboxylic acids is 1. The second-order valence-electron chi connectivity index (χ2n) is 4.83. The van der Waals surface area contributed by atoms with E-state index in [9.17, 15) is 9.59 Å². The lowest BCUT2D eigenvalue weighted by Gasteiger charge is -2.21. The van der Waals surface area contributed by atoms with Gasteiger partial charge in [0.15, 0.2) is 5.65 Å². The number of nitriles is 1. The summed E-state index contributed by atoms with van der Waals surface area (Å²) in [6.07, 6.45) is 1.61. The molecule has 1 atom stereocenters. The fraction of sp³-hybridized carbons (Fsp3) is 0.429. The Balaban J connectivity index is 2.19. The fourth-order valence-electron chi connectivity index (χ4n) is 2.08. The van der Waals surface area contributed by atoms with Crippen molar-refractivity contribution in [3.8, 4) is 6.07 Å². The zero-order chi connectivity index (χ0) is 15.4. The summed E-state index contributed by atoms with van der Waals surface area (Å²) in [7, 11) is 0. The SMILES string of the molecule is CCN(CC(C)C#N)C(=O)Cn1nc2ccccn2c1=O. The monoisotopic (exact) mass is 287 g/mol. The third kappa shape index (κ3) is 3.11. The Labute approximate surface area is 122 Å². The molecule has 0 bridgehead atoms. The number of nitrogens with zero attached hydrogens (tertiary/aromatic N) is 5. The number of aromatic nitrogens is 3. The van der Waals surface area contributed by atoms with Gasteiger partial charge in [-0.05, 0) is 26.0 Å². The molecule has 0 radical (unpaired) electrons. The van der Waals surface area contributed by atoms with E-state index in [2.05, 4.69) is 11.2 Å². The van der Waals surface area contributed by atoms with E-state index in [1.165, 1.54) is 4.40 Å². The van der Waals surface area contributed by atoms with E-state index >= 15 is 0 Å². The second kappa shape index (κ2) is 6.22. The highest BCUT2D eigenvalue weighted by atomic mass is 16.2. The van der Waals surface area contributed by atoms with Crippen LogP contribution in [-0.4, -0.2) is 38.1 Å². The van der Waals surface area contributed by atoms with Crippen LogP contribution in [-0.2, 0) is 11.3 Å². The Morgan fingerprint density at radius 3 is 2.90 bits per heavy atom. The first-order valence-corrected chi connectivity index (χ1v) is 6.78. The highest BCUT2D eigenvalue weighted by molar-refractivity contribution is 5.75. The van der Waals surface area contributed by atoms with Crippen LogP contribution in [0.25, 0.3) is 5.65 Å². The molecule has 0 saturated carbocycles. The first kappa shape index (κ1) is 14.8. The van der Waals surface area contributed by atoms with E-state index in [4.69, 9.17) is 5.26 Å². The van der Waals surface area contributed by atoms with Crippen molar-refractivity contribution >= 4 is 11.6 Å². The molecule has 0 aromatic carbocycles. The molecule has 0 aliphatic heterocycles. The molecule has 0 fully saturated rings. The van der Waals surface area contributed by atoms with Crippen molar-refractivity contribution in [3.63, 3.8) is 0 Å². The minimum absolute atomic E-state index is 0.119. The van der Waals surface area contributed by atoms with Crippen LogP contribution < -0.4 is 5.69 Å². The predicted octanol–water partition coefficient (Wildman–Crippen LogP) is 0.504. The van der Waals surface area contributed by atoms with Crippen molar-refractivity contribution in [2.45, 2.75) is 20.4 Å². The number of hydrogen-bond donors (Lipinski definition) is 0. The summed E-state index contributed by atoms with van der Waals surface area (Å²) in [5.74, 6) is -0.461. The molecule has 110 valence electrons. The first-order valence-electron chi connectivity index (χ1n) is 6.78. The van der Waals surface area contributed by atoms with Crippen molar-refractivity contribution in [1.82, 2.24) is 19.1 Å². The highest BCUT2D eigenvalue weighted by Crippen LogP contribution is 2.01. The minimum atomic E-state index is -0.344. The summed E-state index contributed by atoms with van der Waals surface area (Å²) < 4.78 is 2.54. The normalized spacial score (nSPS) is 12.0. The van der Waals surface area contributed by atoms with Gasteiger partial charge in [-0.25, -0.2) is 9.48 Å². The van der Waals surface area contributed by atoms with Crippen molar-refractivity contribution in [2.24, 2.45) is 5.92 Å². The van der Waals surface area contributed by atoms with Gasteiger partial charge in [0.05, 0.1) is 12.0 Å². The van der Waals surface area contributed by atoms with E-state index in [-0.39, 0.29) is 24.1 Å². The van der Waals surface area contributed by atoms with Crippen LogP contribution >= 0.6 is 0 Å². The van der Waals surface area contributed by atoms with Gasteiger partial charge in [-0.15, -0.1) is 5.10 Å². The van der Waals surface area contributed by atoms with Gasteiger partial charge in [0.25, 0.3) is 0 Å². The zero-order valence-electron chi connectivity index (χ0n) is 12.1. The third-order valence-corrected chi connectivity index (χ3v) is 3.22. The van der Waals surface area contributed by atoms with Gasteiger partial charge in [0.1, 0.15) is 6.54 Å². The number of likely N-dealkylation sites (N-methyl/N-ethyl adjacent to an activating group) is 1. The third-order valence-electron chi connectivity index (χ3n) is 3.22. The lowest BCUT2D eigenvalue weighted by atomic mass is 10.2. The number of hydrogen-bond acceptors (Lipinski definition) is 4. The van der Waals surface area contributed by atoms with E-state index in [0.717, 1.165) is 4.68 Å². The van der Waals surface area contributed by atoms with E-state index in [1.54, 1.807) is 36.2 Å². The molecule has 0 saturated heterocycles. The Hall–Kier alpha value is -2.62. The topological polar surface area (TPSA) is 83.4 Å². The van der Waals surface area contributed by atoms with Crippen LogP contribution in [0.5, 0.6) is 0 Å². The second-order valence-corrected chi connectivity index (χ2v) is 4.83. The summed E-state index contributed by atoms with van der Waals surface area (Å²) in [6.45, 7) is 4.33. The molecule has 7 nitrogen and oxygen atoms in total. The number of carbonyl (C=O) groups is 1. The predicted molar refractivity (Wildman–Crippen MR) is 76.5 cm³/mol. The number of amides is 1. The van der Waals surface area contributed by atoms with Gasteiger partial charge in [0, 0.05) is 19.3 Å². The zero-order valence-corrected chi connectivity index (χ0v) is 12.1. The van der Waals surface area contributed by atoms with Gasteiger partial charge in [-0.3, -0.25) is 9.20 Å². The van der Waals surface area contributed by atoms with Crippen molar-refractivity contribution < 1.29 is 4.79 Å². The highest BCUT2D eigenvalue weighted by Gasteiger charge is 2.17. The van der Waals surface area contributed by atoms with Crippen LogP contribution in [0.1, 0.15) is 13.8 Å². The Kier molecular flexibility index (Phi) is 4.38. The average molecular weight is 287 g/mol. The van der Waals surface area contributed by atoms with Crippen LogP contribution in [0.3, 0.4) is 0 Å². The number of fused-ring (bicyclic) bond motifs is 1. The maximum Gasteiger partial charge on any atom is 0.350 e. The summed E-state index contributed by atoms with van der Waals surface area (Å²) in [5.41, 5.74) is 0.159. The molecule has 21 heavy (non-hydrogen) atoms. The molecular formula is C14H17N5O2. The van der Waals surface area contributed by atoms with Gasteiger partial charge in [-0.1, -0.05) is 6.07 Å². The molecule has 0 aliphatic carbocycles. The summed E-state index contributed by atoms with van der Waals surface area (Å²) in [6, 6.07) is 7.32. The van der Waals surface area contributed by atoms with Crippen LogP contribution in [0.4, 0.5) is 0 Å². The molecular weight excluding hydrogens is 270 g/mol. The quantitative estimate of drug-likeness (QED) is 0.802. The summed E-state index contributed by atoms with van der Waals surface area (Å²) in [5, 5.41) is 13.0. The van der Waals surface area contributed by atoms with Gasteiger partial charge in [-0.2, -0.15) is 5.26 Å². The maximum absolute atomic E-state index is 12.2. The molecule has 0 aliphatic rings. The van der Waals surface area contributed by atoms with Gasteiger partial charge < -0.3 is 4.90 Å². The molecule has 2 aromatic rings.